The minimum Gasteiger partial charge on any atom is -0.409 e. The zero-order chi connectivity index (χ0) is 15.4. The van der Waals surface area contributed by atoms with E-state index in [0.717, 1.165) is 6.42 Å². The molecule has 21 heavy (non-hydrogen) atoms. The molecule has 7 heteroatoms. The molecule has 2 rings (SSSR count). The maximum Gasteiger partial charge on any atom is 0.254 e. The van der Waals surface area contributed by atoms with Crippen molar-refractivity contribution in [2.75, 3.05) is 13.6 Å². The molecule has 7 nitrogen and oxygen atoms in total. The molecule has 0 radical (unpaired) electrons. The average Bonchev–Trinajstić information content (AvgIpc) is 3.02. The summed E-state index contributed by atoms with van der Waals surface area (Å²) in [4.78, 5) is 25.8. The normalized spacial score (nSPS) is 18.6. The third-order valence-electron chi connectivity index (χ3n) is 3.60. The molecule has 1 atom stereocenters. The van der Waals surface area contributed by atoms with Crippen LogP contribution in [0.1, 0.15) is 28.8 Å². The highest BCUT2D eigenvalue weighted by atomic mass is 16.4. The zero-order valence-electron chi connectivity index (χ0n) is 11.7. The third-order valence-corrected chi connectivity index (χ3v) is 3.60. The first kappa shape index (κ1) is 14.8. The molecular formula is C14H18N4O3. The van der Waals surface area contributed by atoms with Crippen LogP contribution in [0.3, 0.4) is 0 Å². The molecule has 1 aromatic carbocycles. The van der Waals surface area contributed by atoms with E-state index in [2.05, 4.69) is 10.5 Å². The average molecular weight is 290 g/mol. The number of rotatable bonds is 3. The summed E-state index contributed by atoms with van der Waals surface area (Å²) in [5, 5.41) is 14.1. The SMILES string of the molecule is CNC(=O)C1CCCN1C(=O)c1ccc(C(N)=NO)cc1. The van der Waals surface area contributed by atoms with Crippen LogP contribution in [-0.2, 0) is 4.79 Å². The van der Waals surface area contributed by atoms with Gasteiger partial charge in [0.05, 0.1) is 0 Å². The fraction of sp³-hybridized carbons (Fsp3) is 0.357. The molecule has 0 aromatic heterocycles. The fourth-order valence-electron chi connectivity index (χ4n) is 2.46. The number of amides is 2. The van der Waals surface area contributed by atoms with E-state index in [4.69, 9.17) is 10.9 Å². The summed E-state index contributed by atoms with van der Waals surface area (Å²) in [5.74, 6) is -0.348. The van der Waals surface area contributed by atoms with Crippen LogP contribution in [0.2, 0.25) is 0 Å². The van der Waals surface area contributed by atoms with Crippen LogP contribution >= 0.6 is 0 Å². The highest BCUT2D eigenvalue weighted by Gasteiger charge is 2.33. The number of hydrogen-bond acceptors (Lipinski definition) is 4. The predicted molar refractivity (Wildman–Crippen MR) is 77.1 cm³/mol. The molecule has 1 saturated heterocycles. The van der Waals surface area contributed by atoms with E-state index < -0.39 is 6.04 Å². The Bertz CT molecular complexity index is 568. The Kier molecular flexibility index (Phi) is 4.42. The van der Waals surface area contributed by atoms with E-state index in [0.29, 0.717) is 24.1 Å². The topological polar surface area (TPSA) is 108 Å². The van der Waals surface area contributed by atoms with Gasteiger partial charge < -0.3 is 21.2 Å². The molecule has 0 bridgehead atoms. The summed E-state index contributed by atoms with van der Waals surface area (Å²) in [6.45, 7) is 0.568. The van der Waals surface area contributed by atoms with E-state index in [-0.39, 0.29) is 17.6 Å². The van der Waals surface area contributed by atoms with E-state index in [1.807, 2.05) is 0 Å². The standard InChI is InChI=1S/C14H18N4O3/c1-16-13(19)11-3-2-8-18(11)14(20)10-6-4-9(5-7-10)12(15)17-21/h4-7,11,21H,2-3,8H2,1H3,(H2,15,17)(H,16,19). The molecule has 1 heterocycles. The quantitative estimate of drug-likeness (QED) is 0.318. The number of likely N-dealkylation sites (tertiary alicyclic amines) is 1. The van der Waals surface area contributed by atoms with Gasteiger partial charge in [0.1, 0.15) is 6.04 Å². The third kappa shape index (κ3) is 2.96. The number of nitrogens with zero attached hydrogens (tertiary/aromatic N) is 2. The van der Waals surface area contributed by atoms with Gasteiger partial charge in [0, 0.05) is 24.7 Å². The molecule has 1 unspecified atom stereocenters. The fourth-order valence-corrected chi connectivity index (χ4v) is 2.46. The number of oxime groups is 1. The van der Waals surface area contributed by atoms with Crippen LogP contribution in [0.15, 0.2) is 29.4 Å². The number of carbonyl (C=O) groups is 2. The number of carbonyl (C=O) groups excluding carboxylic acids is 2. The number of nitrogens with two attached hydrogens (primary N) is 1. The molecule has 0 spiro atoms. The van der Waals surface area contributed by atoms with Crippen LogP contribution in [0, 0.1) is 0 Å². The molecular weight excluding hydrogens is 272 g/mol. The first-order valence-electron chi connectivity index (χ1n) is 6.69. The minimum atomic E-state index is -0.411. The van der Waals surface area contributed by atoms with Crippen molar-refractivity contribution in [1.29, 1.82) is 0 Å². The van der Waals surface area contributed by atoms with Crippen molar-refractivity contribution in [3.63, 3.8) is 0 Å². The molecule has 2 amide bonds. The maximum absolute atomic E-state index is 12.5. The monoisotopic (exact) mass is 290 g/mol. The molecule has 1 aliphatic heterocycles. The minimum absolute atomic E-state index is 0.0154. The Balaban J connectivity index is 2.18. The summed E-state index contributed by atoms with van der Waals surface area (Å²) in [6.07, 6.45) is 1.49. The Labute approximate surface area is 122 Å². The van der Waals surface area contributed by atoms with E-state index in [1.54, 1.807) is 36.2 Å². The number of likely N-dealkylation sites (N-methyl/N-ethyl adjacent to an activating group) is 1. The number of amidine groups is 1. The van der Waals surface area contributed by atoms with Crippen LogP contribution in [0.25, 0.3) is 0 Å². The Morgan fingerprint density at radius 1 is 1.33 bits per heavy atom. The lowest BCUT2D eigenvalue weighted by molar-refractivity contribution is -0.124. The van der Waals surface area contributed by atoms with Gasteiger partial charge in [-0.3, -0.25) is 9.59 Å². The molecule has 1 aromatic rings. The summed E-state index contributed by atoms with van der Waals surface area (Å²) in [6, 6.07) is 6.01. The summed E-state index contributed by atoms with van der Waals surface area (Å²) in [7, 11) is 1.56. The van der Waals surface area contributed by atoms with Gasteiger partial charge in [-0.2, -0.15) is 0 Å². The Morgan fingerprint density at radius 2 is 1.95 bits per heavy atom. The summed E-state index contributed by atoms with van der Waals surface area (Å²) >= 11 is 0. The predicted octanol–water partition coefficient (Wildman–Crippen LogP) is 0.132. The van der Waals surface area contributed by atoms with Crippen molar-refractivity contribution in [1.82, 2.24) is 10.2 Å². The van der Waals surface area contributed by atoms with Gasteiger partial charge in [-0.1, -0.05) is 17.3 Å². The van der Waals surface area contributed by atoms with Crippen molar-refractivity contribution in [3.8, 4) is 0 Å². The molecule has 0 aliphatic carbocycles. The van der Waals surface area contributed by atoms with Crippen LogP contribution in [-0.4, -0.2) is 47.4 Å². The lowest BCUT2D eigenvalue weighted by Crippen LogP contribution is -2.44. The number of hydrogen-bond donors (Lipinski definition) is 3. The highest BCUT2D eigenvalue weighted by Crippen LogP contribution is 2.20. The lowest BCUT2D eigenvalue weighted by atomic mass is 10.1. The van der Waals surface area contributed by atoms with E-state index in [1.165, 1.54) is 0 Å². The Hall–Kier alpha value is -2.57. The van der Waals surface area contributed by atoms with Crippen molar-refractivity contribution >= 4 is 17.6 Å². The van der Waals surface area contributed by atoms with Crippen molar-refractivity contribution in [2.45, 2.75) is 18.9 Å². The first-order valence-corrected chi connectivity index (χ1v) is 6.69. The maximum atomic E-state index is 12.5. The number of benzene rings is 1. The van der Waals surface area contributed by atoms with Crippen LogP contribution < -0.4 is 11.1 Å². The first-order chi connectivity index (χ1) is 10.1. The molecule has 1 aliphatic rings. The molecule has 112 valence electrons. The summed E-state index contributed by atoms with van der Waals surface area (Å²) < 4.78 is 0. The van der Waals surface area contributed by atoms with Gasteiger partial charge in [-0.25, -0.2) is 0 Å². The van der Waals surface area contributed by atoms with E-state index >= 15 is 0 Å². The van der Waals surface area contributed by atoms with Gasteiger partial charge in [0.15, 0.2) is 5.84 Å². The second kappa shape index (κ2) is 6.25. The van der Waals surface area contributed by atoms with Gasteiger partial charge >= 0.3 is 0 Å². The van der Waals surface area contributed by atoms with Crippen LogP contribution in [0.5, 0.6) is 0 Å². The van der Waals surface area contributed by atoms with Crippen LogP contribution in [0.4, 0.5) is 0 Å². The lowest BCUT2D eigenvalue weighted by Gasteiger charge is -2.23. The number of nitrogens with one attached hydrogen (secondary N) is 1. The van der Waals surface area contributed by atoms with Gasteiger partial charge in [-0.05, 0) is 25.0 Å². The molecule has 4 N–H and O–H groups in total. The smallest absolute Gasteiger partial charge is 0.254 e. The zero-order valence-corrected chi connectivity index (χ0v) is 11.7. The molecule has 1 fully saturated rings. The highest BCUT2D eigenvalue weighted by molar-refractivity contribution is 6.00. The molecule has 0 saturated carbocycles. The van der Waals surface area contributed by atoms with Crippen molar-refractivity contribution in [2.24, 2.45) is 10.9 Å². The Morgan fingerprint density at radius 3 is 2.52 bits per heavy atom. The summed E-state index contributed by atoms with van der Waals surface area (Å²) in [5.41, 5.74) is 6.47. The largest absolute Gasteiger partial charge is 0.409 e. The van der Waals surface area contributed by atoms with Gasteiger partial charge in [-0.15, -0.1) is 0 Å². The van der Waals surface area contributed by atoms with Gasteiger partial charge in [0.2, 0.25) is 5.91 Å². The van der Waals surface area contributed by atoms with Crippen molar-refractivity contribution < 1.29 is 14.8 Å². The van der Waals surface area contributed by atoms with Gasteiger partial charge in [0.25, 0.3) is 5.91 Å². The van der Waals surface area contributed by atoms with E-state index in [9.17, 15) is 9.59 Å². The second-order valence-corrected chi connectivity index (χ2v) is 4.83. The van der Waals surface area contributed by atoms with Crippen molar-refractivity contribution in [3.05, 3.63) is 35.4 Å². The second-order valence-electron chi connectivity index (χ2n) is 4.83.